The van der Waals surface area contributed by atoms with Crippen LogP contribution < -0.4 is 0 Å². The molecular formula is C20H24N2O3. The summed E-state index contributed by atoms with van der Waals surface area (Å²) in [6.45, 7) is 8.06. The maximum atomic E-state index is 13.0. The molecule has 1 saturated carbocycles. The molecule has 1 aromatic rings. The number of fused-ring (bicyclic) bond motifs is 1. The maximum absolute atomic E-state index is 13.0. The Kier molecular flexibility index (Phi) is 4.58. The van der Waals surface area contributed by atoms with Gasteiger partial charge in [-0.1, -0.05) is 19.9 Å². The van der Waals surface area contributed by atoms with E-state index in [1.54, 1.807) is 19.3 Å². The quantitative estimate of drug-likeness (QED) is 0.790. The van der Waals surface area contributed by atoms with Crippen molar-refractivity contribution < 1.29 is 14.3 Å². The highest BCUT2D eigenvalue weighted by atomic mass is 16.5. The first-order valence-electron chi connectivity index (χ1n) is 8.72. The van der Waals surface area contributed by atoms with Gasteiger partial charge in [-0.25, -0.2) is 4.79 Å². The van der Waals surface area contributed by atoms with Gasteiger partial charge in [0, 0.05) is 36.1 Å². The lowest BCUT2D eigenvalue weighted by Gasteiger charge is -2.40. The molecule has 3 rings (SSSR count). The average molecular weight is 340 g/mol. The smallest absolute Gasteiger partial charge is 0.336 e. The van der Waals surface area contributed by atoms with Crippen molar-refractivity contribution >= 4 is 17.5 Å². The molecule has 0 spiro atoms. The molecule has 2 aliphatic rings. The molecule has 1 aliphatic heterocycles. The van der Waals surface area contributed by atoms with Crippen molar-refractivity contribution in [2.45, 2.75) is 46.5 Å². The van der Waals surface area contributed by atoms with Crippen LogP contribution in [0.5, 0.6) is 0 Å². The maximum Gasteiger partial charge on any atom is 0.336 e. The van der Waals surface area contributed by atoms with E-state index in [2.05, 4.69) is 23.8 Å². The fourth-order valence-corrected chi connectivity index (χ4v) is 3.99. The number of nitrogens with zero attached hydrogens (tertiary/aromatic N) is 2. The Morgan fingerprint density at radius 2 is 2.08 bits per heavy atom. The summed E-state index contributed by atoms with van der Waals surface area (Å²) >= 11 is 0. The molecule has 0 saturated heterocycles. The molecule has 1 aliphatic carbocycles. The van der Waals surface area contributed by atoms with Gasteiger partial charge in [-0.2, -0.15) is 0 Å². The number of aliphatic imine (C=N–C) groups is 1. The first kappa shape index (κ1) is 17.5. The van der Waals surface area contributed by atoms with Crippen LogP contribution in [0.3, 0.4) is 0 Å². The van der Waals surface area contributed by atoms with Crippen molar-refractivity contribution in [1.29, 1.82) is 0 Å². The predicted molar refractivity (Wildman–Crippen MR) is 95.3 cm³/mol. The highest BCUT2D eigenvalue weighted by Crippen LogP contribution is 2.46. The Labute approximate surface area is 148 Å². The summed E-state index contributed by atoms with van der Waals surface area (Å²) in [6, 6.07) is 3.75. The molecule has 0 bridgehead atoms. The summed E-state index contributed by atoms with van der Waals surface area (Å²) in [5.74, 6) is -1.03. The van der Waals surface area contributed by atoms with E-state index in [0.717, 1.165) is 17.7 Å². The Bertz CT molecular complexity index is 762. The molecule has 2 heterocycles. The number of carbonyl (C=O) groups is 2. The van der Waals surface area contributed by atoms with Crippen LogP contribution in [0, 0.1) is 11.3 Å². The van der Waals surface area contributed by atoms with Crippen molar-refractivity contribution in [1.82, 2.24) is 4.98 Å². The molecule has 1 aromatic heterocycles. The number of hydrogen-bond acceptors (Lipinski definition) is 5. The molecule has 5 nitrogen and oxygen atoms in total. The second-order valence-corrected chi connectivity index (χ2v) is 7.55. The minimum Gasteiger partial charge on any atom is -0.463 e. The molecule has 2 atom stereocenters. The summed E-state index contributed by atoms with van der Waals surface area (Å²) in [5.41, 5.74) is 2.75. The van der Waals surface area contributed by atoms with E-state index in [9.17, 15) is 9.59 Å². The van der Waals surface area contributed by atoms with Gasteiger partial charge in [0.1, 0.15) is 5.78 Å². The highest BCUT2D eigenvalue weighted by Gasteiger charge is 2.47. The average Bonchev–Trinajstić information content (AvgIpc) is 2.53. The molecule has 1 fully saturated rings. The van der Waals surface area contributed by atoms with Crippen LogP contribution in [-0.4, -0.2) is 29.1 Å². The summed E-state index contributed by atoms with van der Waals surface area (Å²) < 4.78 is 5.26. The number of pyridine rings is 1. The van der Waals surface area contributed by atoms with Crippen LogP contribution in [0.1, 0.15) is 52.0 Å². The minimum atomic E-state index is -0.402. The van der Waals surface area contributed by atoms with E-state index in [0.29, 0.717) is 17.7 Å². The Morgan fingerprint density at radius 1 is 1.32 bits per heavy atom. The van der Waals surface area contributed by atoms with Crippen molar-refractivity contribution in [3.63, 3.8) is 0 Å². The van der Waals surface area contributed by atoms with Crippen molar-refractivity contribution in [3.05, 3.63) is 41.4 Å². The standard InChI is InChI=1S/C20H24N2O3/c1-5-25-19(24)16-12(2)22-14-9-20(3,4)10-15(23)18(14)17(16)13-7-6-8-21-11-13/h6-8,11,17-18H,5,9-10H2,1-4H3/t17-,18+/m0/s1. The summed E-state index contributed by atoms with van der Waals surface area (Å²) in [5, 5.41) is 0. The number of rotatable bonds is 3. The number of ketones is 1. The Hall–Kier alpha value is -2.30. The van der Waals surface area contributed by atoms with Gasteiger partial charge in [-0.3, -0.25) is 14.8 Å². The second-order valence-electron chi connectivity index (χ2n) is 7.55. The van der Waals surface area contributed by atoms with E-state index in [1.807, 2.05) is 19.1 Å². The lowest BCUT2D eigenvalue weighted by molar-refractivity contribution is -0.139. The largest absolute Gasteiger partial charge is 0.463 e. The van der Waals surface area contributed by atoms with Gasteiger partial charge in [-0.05, 0) is 37.3 Å². The fraction of sp³-hybridized carbons (Fsp3) is 0.500. The number of Topliss-reactive ketones (excluding diaryl/α,β-unsaturated/α-hetero) is 1. The van der Waals surface area contributed by atoms with Crippen LogP contribution in [0.15, 0.2) is 40.8 Å². The normalized spacial score (nSPS) is 25.3. The third-order valence-electron chi connectivity index (χ3n) is 4.90. The third kappa shape index (κ3) is 3.28. The van der Waals surface area contributed by atoms with Crippen LogP contribution in [-0.2, 0) is 14.3 Å². The molecule has 0 amide bonds. The van der Waals surface area contributed by atoms with E-state index in [4.69, 9.17) is 4.74 Å². The second kappa shape index (κ2) is 6.54. The van der Waals surface area contributed by atoms with Gasteiger partial charge in [0.25, 0.3) is 0 Å². The van der Waals surface area contributed by atoms with Crippen molar-refractivity contribution in [2.24, 2.45) is 16.3 Å². The number of allylic oxidation sites excluding steroid dienone is 1. The van der Waals surface area contributed by atoms with E-state index >= 15 is 0 Å². The minimum absolute atomic E-state index is 0.104. The lowest BCUT2D eigenvalue weighted by atomic mass is 9.63. The number of hydrogen-bond donors (Lipinski definition) is 0. The monoisotopic (exact) mass is 340 g/mol. The molecule has 0 unspecified atom stereocenters. The van der Waals surface area contributed by atoms with Crippen LogP contribution >= 0.6 is 0 Å². The van der Waals surface area contributed by atoms with Gasteiger partial charge >= 0.3 is 5.97 Å². The van der Waals surface area contributed by atoms with Crippen LogP contribution in [0.4, 0.5) is 0 Å². The Morgan fingerprint density at radius 3 is 2.72 bits per heavy atom. The molecule has 132 valence electrons. The van der Waals surface area contributed by atoms with Crippen molar-refractivity contribution in [2.75, 3.05) is 6.61 Å². The lowest BCUT2D eigenvalue weighted by Crippen LogP contribution is -2.44. The molecule has 25 heavy (non-hydrogen) atoms. The van der Waals surface area contributed by atoms with E-state index in [1.165, 1.54) is 0 Å². The zero-order valence-corrected chi connectivity index (χ0v) is 15.2. The van der Waals surface area contributed by atoms with Crippen LogP contribution in [0.25, 0.3) is 0 Å². The highest BCUT2D eigenvalue weighted by molar-refractivity contribution is 6.12. The van der Waals surface area contributed by atoms with Gasteiger partial charge in [0.15, 0.2) is 0 Å². The van der Waals surface area contributed by atoms with Gasteiger partial charge in [0.2, 0.25) is 0 Å². The fourth-order valence-electron chi connectivity index (χ4n) is 3.99. The Balaban J connectivity index is 2.15. The number of ether oxygens (including phenoxy) is 1. The predicted octanol–water partition coefficient (Wildman–Crippen LogP) is 3.46. The first-order chi connectivity index (χ1) is 11.8. The topological polar surface area (TPSA) is 68.6 Å². The summed E-state index contributed by atoms with van der Waals surface area (Å²) in [6.07, 6.45) is 4.66. The van der Waals surface area contributed by atoms with Crippen LogP contribution in [0.2, 0.25) is 0 Å². The van der Waals surface area contributed by atoms with Gasteiger partial charge in [0.05, 0.1) is 18.1 Å². The molecular weight excluding hydrogens is 316 g/mol. The first-order valence-corrected chi connectivity index (χ1v) is 8.72. The van der Waals surface area contributed by atoms with E-state index in [-0.39, 0.29) is 23.7 Å². The zero-order valence-electron chi connectivity index (χ0n) is 15.2. The number of carbonyl (C=O) groups excluding carboxylic acids is 2. The number of esters is 1. The molecule has 0 radical (unpaired) electrons. The molecule has 0 N–H and O–H groups in total. The zero-order chi connectivity index (χ0) is 18.2. The number of aromatic nitrogens is 1. The molecule has 5 heteroatoms. The van der Waals surface area contributed by atoms with Gasteiger partial charge < -0.3 is 4.74 Å². The molecule has 0 aromatic carbocycles. The van der Waals surface area contributed by atoms with E-state index < -0.39 is 11.9 Å². The van der Waals surface area contributed by atoms with Gasteiger partial charge in [-0.15, -0.1) is 0 Å². The third-order valence-corrected chi connectivity index (χ3v) is 4.90. The van der Waals surface area contributed by atoms with Crippen molar-refractivity contribution in [3.8, 4) is 0 Å². The SMILES string of the molecule is CCOC(=O)C1=C(C)N=C2CC(C)(C)CC(=O)[C@@H]2[C@H]1c1cccnc1. The summed E-state index contributed by atoms with van der Waals surface area (Å²) in [4.78, 5) is 34.5. The summed E-state index contributed by atoms with van der Waals surface area (Å²) in [7, 11) is 0.